The number of fused-ring (bicyclic) bond motifs is 1. The Hall–Kier alpha value is -2.10. The van der Waals surface area contributed by atoms with Crippen LogP contribution in [0.3, 0.4) is 0 Å². The first-order chi connectivity index (χ1) is 10.4. The fourth-order valence-corrected chi connectivity index (χ4v) is 2.90. The third-order valence-corrected chi connectivity index (χ3v) is 3.88. The summed E-state index contributed by atoms with van der Waals surface area (Å²) >= 11 is 0. The minimum Gasteiger partial charge on any atom is -0.328 e. The summed E-state index contributed by atoms with van der Waals surface area (Å²) < 4.78 is 2.28. The van der Waals surface area contributed by atoms with E-state index in [9.17, 15) is 4.79 Å². The van der Waals surface area contributed by atoms with Crippen molar-refractivity contribution in [3.8, 4) is 11.3 Å². The van der Waals surface area contributed by atoms with Crippen LogP contribution in [0.1, 0.15) is 39.4 Å². The first kappa shape index (κ1) is 14.8. The summed E-state index contributed by atoms with van der Waals surface area (Å²) in [5.41, 5.74) is 3.16. The third-order valence-electron chi connectivity index (χ3n) is 3.88. The number of hydrogen-bond acceptors (Lipinski definition) is 2. The highest BCUT2D eigenvalue weighted by Crippen LogP contribution is 2.27. The summed E-state index contributed by atoms with van der Waals surface area (Å²) in [5, 5.41) is 2.96. The molecule has 0 saturated carbocycles. The van der Waals surface area contributed by atoms with E-state index in [2.05, 4.69) is 47.8 Å². The van der Waals surface area contributed by atoms with E-state index in [1.807, 2.05) is 18.3 Å². The molecule has 0 bridgehead atoms. The van der Waals surface area contributed by atoms with Gasteiger partial charge in [-0.1, -0.05) is 32.9 Å². The number of hydrogen-bond donors (Lipinski definition) is 1. The van der Waals surface area contributed by atoms with Gasteiger partial charge in [-0.2, -0.15) is 0 Å². The standard InChI is InChI=1S/C18H23N3O/c1-18(2,3)11-17(22)20-14-8-6-13(7-9-14)15-12-19-16-5-4-10-21(15)16/h6-9,12H,4-5,10-11H2,1-3H3,(H,20,22). The van der Waals surface area contributed by atoms with Crippen LogP contribution in [-0.4, -0.2) is 15.5 Å². The minimum atomic E-state index is 0.00216. The highest BCUT2D eigenvalue weighted by Gasteiger charge is 2.17. The fraction of sp³-hybridized carbons (Fsp3) is 0.444. The molecule has 1 aliphatic heterocycles. The average molecular weight is 297 g/mol. The van der Waals surface area contributed by atoms with Gasteiger partial charge in [-0.25, -0.2) is 4.98 Å². The molecule has 1 amide bonds. The van der Waals surface area contributed by atoms with Crippen molar-refractivity contribution < 1.29 is 4.79 Å². The van der Waals surface area contributed by atoms with Gasteiger partial charge in [0.15, 0.2) is 0 Å². The van der Waals surface area contributed by atoms with Crippen molar-refractivity contribution in [2.24, 2.45) is 5.41 Å². The van der Waals surface area contributed by atoms with Crippen LogP contribution in [0.2, 0.25) is 0 Å². The van der Waals surface area contributed by atoms with E-state index >= 15 is 0 Å². The third kappa shape index (κ3) is 3.21. The minimum absolute atomic E-state index is 0.00216. The maximum absolute atomic E-state index is 12.0. The van der Waals surface area contributed by atoms with Crippen LogP contribution in [-0.2, 0) is 17.8 Å². The number of aromatic nitrogens is 2. The van der Waals surface area contributed by atoms with E-state index in [1.54, 1.807) is 0 Å². The van der Waals surface area contributed by atoms with Gasteiger partial charge in [0, 0.05) is 25.1 Å². The average Bonchev–Trinajstić information content (AvgIpc) is 3.00. The molecule has 116 valence electrons. The maximum atomic E-state index is 12.0. The van der Waals surface area contributed by atoms with Gasteiger partial charge in [-0.05, 0) is 29.5 Å². The Labute approximate surface area is 131 Å². The molecule has 0 atom stereocenters. The summed E-state index contributed by atoms with van der Waals surface area (Å²) in [4.78, 5) is 16.4. The van der Waals surface area contributed by atoms with Crippen LogP contribution in [0.25, 0.3) is 11.3 Å². The number of aryl methyl sites for hydroxylation is 1. The van der Waals surface area contributed by atoms with Gasteiger partial charge in [0.2, 0.25) is 5.91 Å². The van der Waals surface area contributed by atoms with Crippen molar-refractivity contribution in [1.82, 2.24) is 9.55 Å². The fourth-order valence-electron chi connectivity index (χ4n) is 2.90. The van der Waals surface area contributed by atoms with E-state index in [1.165, 1.54) is 17.9 Å². The van der Waals surface area contributed by atoms with Crippen molar-refractivity contribution >= 4 is 11.6 Å². The van der Waals surface area contributed by atoms with Crippen molar-refractivity contribution in [3.05, 3.63) is 36.3 Å². The van der Waals surface area contributed by atoms with Crippen molar-refractivity contribution in [2.45, 2.75) is 46.6 Å². The Bertz CT molecular complexity index is 677. The number of rotatable bonds is 3. The second-order valence-electron chi connectivity index (χ2n) is 7.18. The molecule has 0 radical (unpaired) electrons. The quantitative estimate of drug-likeness (QED) is 0.934. The van der Waals surface area contributed by atoms with E-state index in [4.69, 9.17) is 0 Å². The van der Waals surface area contributed by atoms with E-state index in [0.717, 1.165) is 24.2 Å². The molecule has 1 aliphatic rings. The maximum Gasteiger partial charge on any atom is 0.224 e. The molecule has 0 unspecified atom stereocenters. The highest BCUT2D eigenvalue weighted by atomic mass is 16.1. The number of anilines is 1. The summed E-state index contributed by atoms with van der Waals surface area (Å²) in [7, 11) is 0. The second kappa shape index (κ2) is 5.59. The van der Waals surface area contributed by atoms with Crippen LogP contribution in [0.4, 0.5) is 5.69 Å². The monoisotopic (exact) mass is 297 g/mol. The van der Waals surface area contributed by atoms with E-state index in [-0.39, 0.29) is 11.3 Å². The number of nitrogens with one attached hydrogen (secondary N) is 1. The zero-order valence-corrected chi connectivity index (χ0v) is 13.5. The van der Waals surface area contributed by atoms with Gasteiger partial charge in [-0.3, -0.25) is 4.79 Å². The summed E-state index contributed by atoms with van der Waals surface area (Å²) in [6.07, 6.45) is 4.71. The van der Waals surface area contributed by atoms with Gasteiger partial charge >= 0.3 is 0 Å². The lowest BCUT2D eigenvalue weighted by Gasteiger charge is -2.17. The molecule has 2 aromatic rings. The lowest BCUT2D eigenvalue weighted by Crippen LogP contribution is -2.19. The van der Waals surface area contributed by atoms with Crippen LogP contribution >= 0.6 is 0 Å². The molecule has 0 fully saturated rings. The van der Waals surface area contributed by atoms with Crippen molar-refractivity contribution in [1.29, 1.82) is 0 Å². The van der Waals surface area contributed by atoms with Gasteiger partial charge in [0.1, 0.15) is 5.82 Å². The zero-order valence-electron chi connectivity index (χ0n) is 13.5. The lowest BCUT2D eigenvalue weighted by molar-refractivity contribution is -0.117. The number of nitrogens with zero attached hydrogens (tertiary/aromatic N) is 2. The second-order valence-corrected chi connectivity index (χ2v) is 7.18. The Morgan fingerprint density at radius 1 is 1.27 bits per heavy atom. The Balaban J connectivity index is 1.72. The molecule has 1 N–H and O–H groups in total. The molecule has 4 nitrogen and oxygen atoms in total. The van der Waals surface area contributed by atoms with E-state index < -0.39 is 0 Å². The van der Waals surface area contributed by atoms with Gasteiger partial charge in [-0.15, -0.1) is 0 Å². The number of benzene rings is 1. The smallest absolute Gasteiger partial charge is 0.224 e. The number of amides is 1. The van der Waals surface area contributed by atoms with Crippen LogP contribution in [0.15, 0.2) is 30.5 Å². The molecule has 4 heteroatoms. The molecular weight excluding hydrogens is 274 g/mol. The molecule has 1 aromatic carbocycles. The van der Waals surface area contributed by atoms with Crippen LogP contribution in [0, 0.1) is 5.41 Å². The Morgan fingerprint density at radius 3 is 2.68 bits per heavy atom. The number of imidazole rings is 1. The van der Waals surface area contributed by atoms with Gasteiger partial charge < -0.3 is 9.88 Å². The molecule has 22 heavy (non-hydrogen) atoms. The number of carbonyl (C=O) groups excluding carboxylic acids is 1. The Kier molecular flexibility index (Phi) is 3.77. The van der Waals surface area contributed by atoms with Crippen LogP contribution < -0.4 is 5.32 Å². The lowest BCUT2D eigenvalue weighted by atomic mass is 9.92. The molecule has 0 saturated heterocycles. The Morgan fingerprint density at radius 2 is 2.00 bits per heavy atom. The molecule has 1 aromatic heterocycles. The normalized spacial score (nSPS) is 14.0. The van der Waals surface area contributed by atoms with Crippen LogP contribution in [0.5, 0.6) is 0 Å². The topological polar surface area (TPSA) is 46.9 Å². The van der Waals surface area contributed by atoms with Gasteiger partial charge in [0.25, 0.3) is 0 Å². The first-order valence-corrected chi connectivity index (χ1v) is 7.87. The van der Waals surface area contributed by atoms with E-state index in [0.29, 0.717) is 6.42 Å². The zero-order chi connectivity index (χ0) is 15.7. The van der Waals surface area contributed by atoms with Crippen molar-refractivity contribution in [3.63, 3.8) is 0 Å². The molecule has 0 aliphatic carbocycles. The summed E-state index contributed by atoms with van der Waals surface area (Å²) in [5.74, 6) is 1.24. The predicted molar refractivity (Wildman–Crippen MR) is 88.7 cm³/mol. The molecular formula is C18H23N3O. The van der Waals surface area contributed by atoms with Gasteiger partial charge in [0.05, 0.1) is 11.9 Å². The van der Waals surface area contributed by atoms with Crippen molar-refractivity contribution in [2.75, 3.05) is 5.32 Å². The summed E-state index contributed by atoms with van der Waals surface area (Å²) in [6.45, 7) is 7.25. The largest absolute Gasteiger partial charge is 0.328 e. The molecule has 2 heterocycles. The molecule has 3 rings (SSSR count). The summed E-state index contributed by atoms with van der Waals surface area (Å²) in [6, 6.07) is 8.03. The molecule has 0 spiro atoms. The number of carbonyl (C=O) groups is 1. The predicted octanol–water partition coefficient (Wildman–Crippen LogP) is 3.87. The highest BCUT2D eigenvalue weighted by molar-refractivity contribution is 5.91. The first-order valence-electron chi connectivity index (χ1n) is 7.87. The SMILES string of the molecule is CC(C)(C)CC(=O)Nc1ccc(-c2cnc3n2CCC3)cc1.